The van der Waals surface area contributed by atoms with Crippen LogP contribution in [0.2, 0.25) is 4.34 Å². The van der Waals surface area contributed by atoms with Gasteiger partial charge in [0.15, 0.2) is 0 Å². The maximum absolute atomic E-state index is 12.0. The van der Waals surface area contributed by atoms with E-state index in [1.165, 1.54) is 12.1 Å². The summed E-state index contributed by atoms with van der Waals surface area (Å²) >= 11 is 6.63. The van der Waals surface area contributed by atoms with E-state index in [0.29, 0.717) is 17.2 Å². The predicted octanol–water partition coefficient (Wildman–Crippen LogP) is 2.57. The molecule has 0 aliphatic rings. The van der Waals surface area contributed by atoms with Crippen molar-refractivity contribution in [3.05, 3.63) is 16.5 Å². The van der Waals surface area contributed by atoms with E-state index >= 15 is 0 Å². The van der Waals surface area contributed by atoms with Crippen LogP contribution in [0.1, 0.15) is 26.7 Å². The lowest BCUT2D eigenvalue weighted by Gasteiger charge is -2.26. The van der Waals surface area contributed by atoms with Gasteiger partial charge in [-0.1, -0.05) is 25.4 Å². The van der Waals surface area contributed by atoms with Gasteiger partial charge in [-0.25, -0.2) is 13.1 Å². The number of hydrogen-bond acceptors (Lipinski definition) is 4. The van der Waals surface area contributed by atoms with Crippen molar-refractivity contribution in [3.8, 4) is 0 Å². The Labute approximate surface area is 121 Å². The standard InChI is InChI=1S/C11H16ClNO4S2/c1-3-11(4-2,10(14)15)7-13-19(16,17)9-6-5-8(12)18-9/h5-6,13H,3-4,7H2,1-2H3,(H,14,15). The highest BCUT2D eigenvalue weighted by Gasteiger charge is 2.36. The summed E-state index contributed by atoms with van der Waals surface area (Å²) in [5, 5.41) is 9.24. The molecule has 0 fully saturated rings. The normalized spacial score (nSPS) is 12.6. The highest BCUT2D eigenvalue weighted by atomic mass is 35.5. The van der Waals surface area contributed by atoms with E-state index in [9.17, 15) is 18.3 Å². The minimum absolute atomic E-state index is 0.0870. The molecule has 19 heavy (non-hydrogen) atoms. The van der Waals surface area contributed by atoms with Gasteiger partial charge in [-0.3, -0.25) is 4.79 Å². The fraction of sp³-hybridized carbons (Fsp3) is 0.545. The third-order valence-corrected chi connectivity index (χ3v) is 6.35. The van der Waals surface area contributed by atoms with Crippen LogP contribution in [-0.4, -0.2) is 26.0 Å². The van der Waals surface area contributed by atoms with Gasteiger partial charge in [0, 0.05) is 6.54 Å². The average Bonchev–Trinajstić information content (AvgIpc) is 2.78. The number of sulfonamides is 1. The van der Waals surface area contributed by atoms with Crippen LogP contribution >= 0.6 is 22.9 Å². The first-order chi connectivity index (χ1) is 8.77. The van der Waals surface area contributed by atoms with Crippen molar-refractivity contribution in [1.29, 1.82) is 0 Å². The smallest absolute Gasteiger partial charge is 0.310 e. The molecule has 0 atom stereocenters. The van der Waals surface area contributed by atoms with Crippen LogP contribution in [-0.2, 0) is 14.8 Å². The maximum atomic E-state index is 12.0. The number of aliphatic carboxylic acids is 1. The Morgan fingerprint density at radius 2 is 2.00 bits per heavy atom. The quantitative estimate of drug-likeness (QED) is 0.807. The van der Waals surface area contributed by atoms with Crippen LogP contribution in [0.15, 0.2) is 16.3 Å². The van der Waals surface area contributed by atoms with Crippen molar-refractivity contribution >= 4 is 38.9 Å². The van der Waals surface area contributed by atoms with Crippen LogP contribution in [0.3, 0.4) is 0 Å². The zero-order valence-electron chi connectivity index (χ0n) is 10.6. The third-order valence-electron chi connectivity index (χ3n) is 3.22. The molecule has 1 aromatic rings. The summed E-state index contributed by atoms with van der Waals surface area (Å²) in [6.45, 7) is 3.33. The van der Waals surface area contributed by atoms with E-state index in [1.54, 1.807) is 13.8 Å². The zero-order chi connectivity index (χ0) is 14.7. The van der Waals surface area contributed by atoms with Crippen LogP contribution in [0, 0.1) is 5.41 Å². The van der Waals surface area contributed by atoms with Crippen molar-refractivity contribution in [2.45, 2.75) is 30.9 Å². The van der Waals surface area contributed by atoms with Crippen molar-refractivity contribution < 1.29 is 18.3 Å². The Hall–Kier alpha value is -0.630. The molecule has 0 saturated heterocycles. The second-order valence-corrected chi connectivity index (χ2v) is 7.88. The number of thiophene rings is 1. The summed E-state index contributed by atoms with van der Waals surface area (Å²) in [7, 11) is -3.71. The van der Waals surface area contributed by atoms with Crippen LogP contribution in [0.5, 0.6) is 0 Å². The Morgan fingerprint density at radius 1 is 1.42 bits per heavy atom. The zero-order valence-corrected chi connectivity index (χ0v) is 13.0. The molecule has 8 heteroatoms. The Morgan fingerprint density at radius 3 is 2.37 bits per heavy atom. The summed E-state index contributed by atoms with van der Waals surface area (Å²) in [6.07, 6.45) is 0.707. The van der Waals surface area contributed by atoms with Crippen molar-refractivity contribution in [1.82, 2.24) is 4.72 Å². The Balaban J connectivity index is 2.88. The van der Waals surface area contributed by atoms with Gasteiger partial charge in [-0.2, -0.15) is 0 Å². The van der Waals surface area contributed by atoms with E-state index in [2.05, 4.69) is 4.72 Å². The maximum Gasteiger partial charge on any atom is 0.310 e. The number of nitrogens with one attached hydrogen (secondary N) is 1. The van der Waals surface area contributed by atoms with Gasteiger partial charge < -0.3 is 5.11 Å². The molecule has 1 heterocycles. The van der Waals surface area contributed by atoms with Crippen molar-refractivity contribution in [2.24, 2.45) is 5.41 Å². The number of carboxylic acids is 1. The first-order valence-electron chi connectivity index (χ1n) is 5.76. The second-order valence-electron chi connectivity index (χ2n) is 4.18. The third kappa shape index (κ3) is 3.68. The number of carboxylic acid groups (broad SMARTS) is 1. The van der Waals surface area contributed by atoms with E-state index < -0.39 is 21.4 Å². The van der Waals surface area contributed by atoms with Gasteiger partial charge in [0.2, 0.25) is 10.0 Å². The van der Waals surface area contributed by atoms with Gasteiger partial charge in [0.05, 0.1) is 9.75 Å². The van der Waals surface area contributed by atoms with Gasteiger partial charge >= 0.3 is 5.97 Å². The lowest BCUT2D eigenvalue weighted by atomic mass is 9.83. The van der Waals surface area contributed by atoms with Gasteiger partial charge in [-0.05, 0) is 25.0 Å². The summed E-state index contributed by atoms with van der Waals surface area (Å²) in [4.78, 5) is 11.3. The second kappa shape index (κ2) is 6.21. The molecule has 1 aromatic heterocycles. The predicted molar refractivity (Wildman–Crippen MR) is 75.2 cm³/mol. The van der Waals surface area contributed by atoms with Crippen LogP contribution < -0.4 is 4.72 Å². The molecule has 0 unspecified atom stereocenters. The van der Waals surface area contributed by atoms with Gasteiger partial charge in [0.25, 0.3) is 0 Å². The number of carbonyl (C=O) groups is 1. The molecule has 1 rings (SSSR count). The van der Waals surface area contributed by atoms with E-state index in [1.807, 2.05) is 0 Å². The number of rotatable bonds is 7. The average molecular weight is 326 g/mol. The Bertz CT molecular complexity index is 549. The first kappa shape index (κ1) is 16.4. The fourth-order valence-electron chi connectivity index (χ4n) is 1.62. The molecule has 5 nitrogen and oxygen atoms in total. The highest BCUT2D eigenvalue weighted by Crippen LogP contribution is 2.28. The van der Waals surface area contributed by atoms with Gasteiger partial charge in [-0.15, -0.1) is 11.3 Å². The number of halogens is 1. The molecule has 0 radical (unpaired) electrons. The summed E-state index contributed by atoms with van der Waals surface area (Å²) in [5.74, 6) is -0.996. The minimum atomic E-state index is -3.71. The molecule has 0 bridgehead atoms. The Kier molecular flexibility index (Phi) is 5.37. The molecule has 0 aliphatic heterocycles. The fourth-order valence-corrected chi connectivity index (χ4v) is 4.28. The van der Waals surface area contributed by atoms with E-state index in [4.69, 9.17) is 11.6 Å². The summed E-state index contributed by atoms with van der Waals surface area (Å²) < 4.78 is 26.8. The lowest BCUT2D eigenvalue weighted by Crippen LogP contribution is -2.42. The van der Waals surface area contributed by atoms with Crippen LogP contribution in [0.25, 0.3) is 0 Å². The molecular formula is C11H16ClNO4S2. The van der Waals surface area contributed by atoms with Gasteiger partial charge in [0.1, 0.15) is 4.21 Å². The van der Waals surface area contributed by atoms with E-state index in [0.717, 1.165) is 11.3 Å². The molecule has 2 N–H and O–H groups in total. The first-order valence-corrected chi connectivity index (χ1v) is 8.43. The highest BCUT2D eigenvalue weighted by molar-refractivity contribution is 7.91. The topological polar surface area (TPSA) is 83.5 Å². The molecule has 0 aliphatic carbocycles. The molecule has 0 saturated carbocycles. The largest absolute Gasteiger partial charge is 0.481 e. The van der Waals surface area contributed by atoms with Crippen LogP contribution in [0.4, 0.5) is 0 Å². The SMILES string of the molecule is CCC(CC)(CNS(=O)(=O)c1ccc(Cl)s1)C(=O)O. The van der Waals surface area contributed by atoms with Crippen molar-refractivity contribution in [3.63, 3.8) is 0 Å². The molecular weight excluding hydrogens is 310 g/mol. The molecule has 108 valence electrons. The minimum Gasteiger partial charge on any atom is -0.481 e. The summed E-state index contributed by atoms with van der Waals surface area (Å²) in [5.41, 5.74) is -1.08. The number of hydrogen-bond donors (Lipinski definition) is 2. The monoisotopic (exact) mass is 325 g/mol. The summed E-state index contributed by atoms with van der Waals surface area (Å²) in [6, 6.07) is 2.89. The molecule has 0 spiro atoms. The van der Waals surface area contributed by atoms with Crippen molar-refractivity contribution in [2.75, 3.05) is 6.54 Å². The molecule has 0 aromatic carbocycles. The molecule has 0 amide bonds. The lowest BCUT2D eigenvalue weighted by molar-refractivity contribution is -0.149. The van der Waals surface area contributed by atoms with E-state index in [-0.39, 0.29) is 10.8 Å².